The van der Waals surface area contributed by atoms with E-state index in [1.165, 1.54) is 12.1 Å². The van der Waals surface area contributed by atoms with E-state index in [0.717, 1.165) is 32.8 Å². The molecule has 2 aliphatic rings. The van der Waals surface area contributed by atoms with E-state index in [9.17, 15) is 26.4 Å². The standard InChI is InChI=1S/C21H21F3N2O3S2/c22-21(23,24)16-5-1-4-8-19(16)31(28,29)25-11-9-15(10-12-25)20(27)26-13-14-30-18-7-3-2-6-17(18)26/h1-8,15H,9-14H2. The Labute approximate surface area is 183 Å². The summed E-state index contributed by atoms with van der Waals surface area (Å²) >= 11 is 1.69. The molecule has 166 valence electrons. The highest BCUT2D eigenvalue weighted by molar-refractivity contribution is 7.99. The number of halogens is 3. The van der Waals surface area contributed by atoms with Gasteiger partial charge in [-0.2, -0.15) is 17.5 Å². The van der Waals surface area contributed by atoms with Crippen molar-refractivity contribution in [3.05, 3.63) is 54.1 Å². The summed E-state index contributed by atoms with van der Waals surface area (Å²) < 4.78 is 66.8. The molecule has 0 atom stereocenters. The predicted octanol–water partition coefficient (Wildman–Crippen LogP) is 4.25. The highest BCUT2D eigenvalue weighted by Crippen LogP contribution is 2.38. The van der Waals surface area contributed by atoms with Crippen LogP contribution in [0.5, 0.6) is 0 Å². The minimum absolute atomic E-state index is 0.00910. The molecule has 0 saturated carbocycles. The molecule has 2 aromatic rings. The van der Waals surface area contributed by atoms with Crippen molar-refractivity contribution in [2.45, 2.75) is 28.8 Å². The molecule has 0 aromatic heterocycles. The topological polar surface area (TPSA) is 57.7 Å². The van der Waals surface area contributed by atoms with Gasteiger partial charge in [0.05, 0.1) is 16.1 Å². The SMILES string of the molecule is O=C(C1CCN(S(=O)(=O)c2ccccc2C(F)(F)F)CC1)N1CCSc2ccccc21. The first-order chi connectivity index (χ1) is 14.7. The number of rotatable bonds is 3. The van der Waals surface area contributed by atoms with Crippen LogP contribution in [0.2, 0.25) is 0 Å². The zero-order valence-corrected chi connectivity index (χ0v) is 18.1. The average Bonchev–Trinajstić information content (AvgIpc) is 2.78. The fourth-order valence-corrected chi connectivity index (χ4v) is 6.70. The monoisotopic (exact) mass is 470 g/mol. The number of carbonyl (C=O) groups is 1. The minimum atomic E-state index is -4.77. The Morgan fingerprint density at radius 3 is 2.32 bits per heavy atom. The lowest BCUT2D eigenvalue weighted by molar-refractivity contribution is -0.139. The maximum absolute atomic E-state index is 13.3. The minimum Gasteiger partial charge on any atom is -0.310 e. The van der Waals surface area contributed by atoms with Crippen molar-refractivity contribution in [2.75, 3.05) is 30.3 Å². The third kappa shape index (κ3) is 4.33. The van der Waals surface area contributed by atoms with E-state index < -0.39 is 26.7 Å². The van der Waals surface area contributed by atoms with E-state index in [0.29, 0.717) is 6.54 Å². The van der Waals surface area contributed by atoms with Gasteiger partial charge in [-0.15, -0.1) is 11.8 Å². The van der Waals surface area contributed by atoms with Crippen LogP contribution in [0.3, 0.4) is 0 Å². The van der Waals surface area contributed by atoms with Gasteiger partial charge in [0, 0.05) is 36.2 Å². The van der Waals surface area contributed by atoms with Crippen LogP contribution in [-0.4, -0.2) is 44.0 Å². The number of hydrogen-bond acceptors (Lipinski definition) is 4. The van der Waals surface area contributed by atoms with Gasteiger partial charge in [-0.3, -0.25) is 4.79 Å². The fraction of sp³-hybridized carbons (Fsp3) is 0.381. The van der Waals surface area contributed by atoms with E-state index in [1.807, 2.05) is 24.3 Å². The Kier molecular flexibility index (Phi) is 6.06. The van der Waals surface area contributed by atoms with Crippen LogP contribution in [0.25, 0.3) is 0 Å². The second-order valence-electron chi connectivity index (χ2n) is 7.48. The van der Waals surface area contributed by atoms with Gasteiger partial charge >= 0.3 is 6.18 Å². The number of anilines is 1. The van der Waals surface area contributed by atoms with Crippen LogP contribution in [0, 0.1) is 5.92 Å². The molecule has 1 fully saturated rings. The number of nitrogens with zero attached hydrogens (tertiary/aromatic N) is 2. The van der Waals surface area contributed by atoms with Crippen molar-refractivity contribution >= 4 is 33.4 Å². The van der Waals surface area contributed by atoms with Gasteiger partial charge in [0.15, 0.2) is 0 Å². The van der Waals surface area contributed by atoms with Crippen LogP contribution >= 0.6 is 11.8 Å². The Morgan fingerprint density at radius 1 is 0.968 bits per heavy atom. The van der Waals surface area contributed by atoms with E-state index in [2.05, 4.69) is 0 Å². The molecule has 2 heterocycles. The predicted molar refractivity (Wildman–Crippen MR) is 112 cm³/mol. The van der Waals surface area contributed by atoms with E-state index in [-0.39, 0.29) is 37.8 Å². The molecule has 1 amide bonds. The Balaban J connectivity index is 1.49. The van der Waals surface area contributed by atoms with Gasteiger partial charge in [-0.25, -0.2) is 8.42 Å². The first-order valence-corrected chi connectivity index (χ1v) is 12.3. The van der Waals surface area contributed by atoms with Gasteiger partial charge in [-0.1, -0.05) is 24.3 Å². The number of para-hydroxylation sites is 1. The zero-order valence-electron chi connectivity index (χ0n) is 16.5. The maximum atomic E-state index is 13.3. The lowest BCUT2D eigenvalue weighted by Crippen LogP contribution is -2.46. The van der Waals surface area contributed by atoms with Crippen molar-refractivity contribution in [3.63, 3.8) is 0 Å². The molecule has 10 heteroatoms. The number of thioether (sulfide) groups is 1. The highest BCUT2D eigenvalue weighted by Gasteiger charge is 2.40. The zero-order chi connectivity index (χ0) is 22.2. The summed E-state index contributed by atoms with van der Waals surface area (Å²) in [5.74, 6) is 0.366. The van der Waals surface area contributed by atoms with Crippen molar-refractivity contribution in [3.8, 4) is 0 Å². The Bertz CT molecular complexity index is 1080. The highest BCUT2D eigenvalue weighted by atomic mass is 32.2. The van der Waals surface area contributed by atoms with Crippen molar-refractivity contribution < 1.29 is 26.4 Å². The number of carbonyl (C=O) groups excluding carboxylic acids is 1. The van der Waals surface area contributed by atoms with E-state index in [1.54, 1.807) is 16.7 Å². The fourth-order valence-electron chi connectivity index (χ4n) is 4.03. The first kappa shape index (κ1) is 22.2. The molecular weight excluding hydrogens is 449 g/mol. The second kappa shape index (κ2) is 8.48. The van der Waals surface area contributed by atoms with Crippen molar-refractivity contribution in [2.24, 2.45) is 5.92 Å². The third-order valence-electron chi connectivity index (χ3n) is 5.61. The molecule has 31 heavy (non-hydrogen) atoms. The van der Waals surface area contributed by atoms with Crippen LogP contribution in [0.4, 0.5) is 18.9 Å². The molecule has 0 unspecified atom stereocenters. The summed E-state index contributed by atoms with van der Waals surface area (Å²) in [5, 5.41) is 0. The summed E-state index contributed by atoms with van der Waals surface area (Å²) in [4.78, 5) is 15.2. The smallest absolute Gasteiger partial charge is 0.310 e. The molecule has 0 bridgehead atoms. The number of fused-ring (bicyclic) bond motifs is 1. The number of sulfonamides is 1. The molecular formula is C21H21F3N2O3S2. The summed E-state index contributed by atoms with van der Waals surface area (Å²) in [5.41, 5.74) is -0.312. The molecule has 2 aromatic carbocycles. The van der Waals surface area contributed by atoms with E-state index >= 15 is 0 Å². The van der Waals surface area contributed by atoms with Gasteiger partial charge in [0.2, 0.25) is 15.9 Å². The van der Waals surface area contributed by atoms with Crippen LogP contribution in [0.15, 0.2) is 58.3 Å². The summed E-state index contributed by atoms with van der Waals surface area (Å²) in [6, 6.07) is 11.9. The van der Waals surface area contributed by atoms with E-state index in [4.69, 9.17) is 0 Å². The van der Waals surface area contributed by atoms with Crippen molar-refractivity contribution in [1.82, 2.24) is 4.31 Å². The quantitative estimate of drug-likeness (QED) is 0.673. The number of piperidine rings is 1. The average molecular weight is 471 g/mol. The van der Waals surface area contributed by atoms with Crippen LogP contribution in [-0.2, 0) is 21.0 Å². The number of amides is 1. The summed E-state index contributed by atoms with van der Waals surface area (Å²) in [6.07, 6.45) is -4.21. The van der Waals surface area contributed by atoms with Crippen molar-refractivity contribution in [1.29, 1.82) is 0 Å². The Morgan fingerprint density at radius 2 is 1.61 bits per heavy atom. The molecule has 2 aliphatic heterocycles. The molecule has 0 radical (unpaired) electrons. The summed E-state index contributed by atoms with van der Waals surface area (Å²) in [6.45, 7) is 0.600. The second-order valence-corrected chi connectivity index (χ2v) is 10.5. The van der Waals surface area contributed by atoms with Crippen LogP contribution in [0.1, 0.15) is 18.4 Å². The maximum Gasteiger partial charge on any atom is 0.417 e. The number of benzene rings is 2. The number of alkyl halides is 3. The summed E-state index contributed by atoms with van der Waals surface area (Å²) in [7, 11) is -4.31. The molecule has 0 N–H and O–H groups in total. The lowest BCUT2D eigenvalue weighted by atomic mass is 9.96. The van der Waals surface area contributed by atoms with Gasteiger partial charge in [0.1, 0.15) is 0 Å². The van der Waals surface area contributed by atoms with Crippen LogP contribution < -0.4 is 4.90 Å². The van der Waals surface area contributed by atoms with Gasteiger partial charge < -0.3 is 4.90 Å². The van der Waals surface area contributed by atoms with Gasteiger partial charge in [-0.05, 0) is 37.1 Å². The molecule has 4 rings (SSSR count). The largest absolute Gasteiger partial charge is 0.417 e. The molecule has 0 aliphatic carbocycles. The first-order valence-electron chi connectivity index (χ1n) is 9.89. The number of hydrogen-bond donors (Lipinski definition) is 0. The third-order valence-corrected chi connectivity index (χ3v) is 8.61. The normalized spacial score (nSPS) is 18.6. The van der Waals surface area contributed by atoms with Gasteiger partial charge in [0.25, 0.3) is 0 Å². The lowest BCUT2D eigenvalue weighted by Gasteiger charge is -2.36. The molecule has 5 nitrogen and oxygen atoms in total. The molecule has 1 saturated heterocycles. The Hall–Kier alpha value is -2.04. The molecule has 0 spiro atoms.